The van der Waals surface area contributed by atoms with E-state index in [0.717, 1.165) is 0 Å². The minimum absolute atomic E-state index is 0.0673. The van der Waals surface area contributed by atoms with Gasteiger partial charge in [-0.1, -0.05) is 38.1 Å². The Morgan fingerprint density at radius 1 is 1.05 bits per heavy atom. The molecule has 0 aliphatic carbocycles. The van der Waals surface area contributed by atoms with Crippen molar-refractivity contribution in [1.29, 1.82) is 0 Å². The van der Waals surface area contributed by atoms with E-state index in [-0.39, 0.29) is 17.3 Å². The van der Waals surface area contributed by atoms with Crippen LogP contribution in [0.15, 0.2) is 48.5 Å². The number of phenols is 2. The summed E-state index contributed by atoms with van der Waals surface area (Å²) in [5, 5.41) is 19.3. The lowest BCUT2D eigenvalue weighted by atomic mass is 9.86. The molecule has 0 saturated carbocycles. The summed E-state index contributed by atoms with van der Waals surface area (Å²) in [5.41, 5.74) is 0.134. The average Bonchev–Trinajstić information content (AvgIpc) is 2.37. The topological polar surface area (TPSA) is 86.6 Å². The second-order valence-corrected chi connectivity index (χ2v) is 7.53. The van der Waals surface area contributed by atoms with Crippen molar-refractivity contribution in [2.75, 3.05) is 10.5 Å². The third kappa shape index (κ3) is 3.92. The molecule has 0 aromatic heterocycles. The fourth-order valence-corrected chi connectivity index (χ4v) is 4.04. The lowest BCUT2D eigenvalue weighted by Crippen LogP contribution is -2.32. The van der Waals surface area contributed by atoms with Gasteiger partial charge in [-0.3, -0.25) is 4.72 Å². The van der Waals surface area contributed by atoms with Crippen LogP contribution in [0.3, 0.4) is 0 Å². The fourth-order valence-electron chi connectivity index (χ4n) is 2.37. The first-order valence-corrected chi connectivity index (χ1v) is 8.43. The molecule has 0 fully saturated rings. The molecule has 118 valence electrons. The molecule has 0 aliphatic heterocycles. The maximum absolute atomic E-state index is 12.3. The number of sulfonamides is 1. The predicted octanol–water partition coefficient (Wildman–Crippen LogP) is 2.82. The summed E-state index contributed by atoms with van der Waals surface area (Å²) >= 11 is 0. The van der Waals surface area contributed by atoms with Crippen LogP contribution in [0.5, 0.6) is 11.5 Å². The van der Waals surface area contributed by atoms with Gasteiger partial charge in [0.05, 0.1) is 5.75 Å². The number of aromatic hydroxyl groups is 2. The number of anilines is 1. The monoisotopic (exact) mass is 321 g/mol. The standard InChI is InChI=1S/C16H19NO4S/c1-16(2,14-9-8-13(18)10-15(14)19)11-22(20,21)17-12-6-4-3-5-7-12/h3-10,17-19H,11H2,1-2H3. The van der Waals surface area contributed by atoms with Crippen LogP contribution < -0.4 is 4.72 Å². The minimum Gasteiger partial charge on any atom is -0.508 e. The van der Waals surface area contributed by atoms with Gasteiger partial charge in [-0.15, -0.1) is 0 Å². The summed E-state index contributed by atoms with van der Waals surface area (Å²) < 4.78 is 27.2. The fraction of sp³-hybridized carbons (Fsp3) is 0.250. The van der Waals surface area contributed by atoms with Crippen LogP contribution in [0.2, 0.25) is 0 Å². The molecule has 0 spiro atoms. The van der Waals surface area contributed by atoms with E-state index >= 15 is 0 Å². The Bertz CT molecular complexity index is 755. The maximum Gasteiger partial charge on any atom is 0.233 e. The first kappa shape index (κ1) is 16.2. The number of nitrogens with one attached hydrogen (secondary N) is 1. The molecule has 22 heavy (non-hydrogen) atoms. The van der Waals surface area contributed by atoms with Gasteiger partial charge in [-0.2, -0.15) is 0 Å². The van der Waals surface area contributed by atoms with E-state index in [9.17, 15) is 18.6 Å². The highest BCUT2D eigenvalue weighted by atomic mass is 32.2. The summed E-state index contributed by atoms with van der Waals surface area (Å²) in [7, 11) is -3.59. The van der Waals surface area contributed by atoms with E-state index in [0.29, 0.717) is 11.3 Å². The quantitative estimate of drug-likeness (QED) is 0.790. The van der Waals surface area contributed by atoms with Crippen LogP contribution in [0.1, 0.15) is 19.4 Å². The SMILES string of the molecule is CC(C)(CS(=O)(=O)Nc1ccccc1)c1ccc(O)cc1O. The number of hydrogen-bond acceptors (Lipinski definition) is 4. The molecular formula is C16H19NO4S. The number of hydrogen-bond donors (Lipinski definition) is 3. The molecule has 6 heteroatoms. The molecule has 2 aromatic rings. The molecule has 5 nitrogen and oxygen atoms in total. The van der Waals surface area contributed by atoms with Gasteiger partial charge in [0, 0.05) is 22.7 Å². The Labute approximate surface area is 130 Å². The van der Waals surface area contributed by atoms with Gasteiger partial charge in [-0.25, -0.2) is 8.42 Å². The summed E-state index contributed by atoms with van der Waals surface area (Å²) in [4.78, 5) is 0. The lowest BCUT2D eigenvalue weighted by molar-refractivity contribution is 0.431. The third-order valence-electron chi connectivity index (χ3n) is 3.31. The Morgan fingerprint density at radius 2 is 1.68 bits per heavy atom. The van der Waals surface area contributed by atoms with Crippen LogP contribution in [-0.4, -0.2) is 24.4 Å². The van der Waals surface area contributed by atoms with Gasteiger partial charge in [0.15, 0.2) is 0 Å². The van der Waals surface area contributed by atoms with Gasteiger partial charge in [0.2, 0.25) is 10.0 Å². The minimum atomic E-state index is -3.59. The van der Waals surface area contributed by atoms with Crippen molar-refractivity contribution in [2.45, 2.75) is 19.3 Å². The molecular weight excluding hydrogens is 302 g/mol. The first-order chi connectivity index (χ1) is 10.2. The predicted molar refractivity (Wildman–Crippen MR) is 86.6 cm³/mol. The second-order valence-electron chi connectivity index (χ2n) is 5.81. The summed E-state index contributed by atoms with van der Waals surface area (Å²) in [5.74, 6) is -0.394. The van der Waals surface area contributed by atoms with Crippen molar-refractivity contribution in [3.05, 3.63) is 54.1 Å². The maximum atomic E-state index is 12.3. The van der Waals surface area contributed by atoms with Crippen molar-refractivity contribution >= 4 is 15.7 Å². The lowest BCUT2D eigenvalue weighted by Gasteiger charge is -2.26. The van der Waals surface area contributed by atoms with Crippen LogP contribution in [0, 0.1) is 0 Å². The molecule has 0 bridgehead atoms. The summed E-state index contributed by atoms with van der Waals surface area (Å²) in [6, 6.07) is 12.8. The summed E-state index contributed by atoms with van der Waals surface area (Å²) in [6.45, 7) is 3.45. The Hall–Kier alpha value is -2.21. The van der Waals surface area contributed by atoms with Gasteiger partial charge in [0.25, 0.3) is 0 Å². The second kappa shape index (κ2) is 5.88. The molecule has 0 amide bonds. The smallest absolute Gasteiger partial charge is 0.233 e. The van der Waals surface area contributed by atoms with Crippen LogP contribution in [0.4, 0.5) is 5.69 Å². The highest BCUT2D eigenvalue weighted by molar-refractivity contribution is 7.92. The van der Waals surface area contributed by atoms with E-state index in [1.165, 1.54) is 18.2 Å². The number of para-hydroxylation sites is 1. The number of benzene rings is 2. The number of phenolic OH excluding ortho intramolecular Hbond substituents is 2. The van der Waals surface area contributed by atoms with E-state index in [4.69, 9.17) is 0 Å². The highest BCUT2D eigenvalue weighted by Gasteiger charge is 2.30. The Morgan fingerprint density at radius 3 is 2.27 bits per heavy atom. The van der Waals surface area contributed by atoms with Gasteiger partial charge >= 0.3 is 0 Å². The molecule has 0 unspecified atom stereocenters. The van der Waals surface area contributed by atoms with Gasteiger partial charge in [-0.05, 0) is 18.2 Å². The molecule has 3 N–H and O–H groups in total. The number of rotatable bonds is 5. The van der Waals surface area contributed by atoms with Crippen molar-refractivity contribution in [3.8, 4) is 11.5 Å². The molecule has 0 radical (unpaired) electrons. The van der Waals surface area contributed by atoms with Crippen molar-refractivity contribution in [2.24, 2.45) is 0 Å². The Kier molecular flexibility index (Phi) is 4.32. The molecule has 0 aliphatic rings. The first-order valence-electron chi connectivity index (χ1n) is 6.78. The van der Waals surface area contributed by atoms with Crippen LogP contribution in [-0.2, 0) is 15.4 Å². The van der Waals surface area contributed by atoms with Crippen molar-refractivity contribution in [1.82, 2.24) is 0 Å². The van der Waals surface area contributed by atoms with E-state index in [2.05, 4.69) is 4.72 Å². The largest absolute Gasteiger partial charge is 0.508 e. The summed E-state index contributed by atoms with van der Waals surface area (Å²) in [6.07, 6.45) is 0. The molecule has 0 saturated heterocycles. The highest BCUT2D eigenvalue weighted by Crippen LogP contribution is 2.34. The van der Waals surface area contributed by atoms with E-state index < -0.39 is 15.4 Å². The Balaban J connectivity index is 2.23. The third-order valence-corrected chi connectivity index (χ3v) is 4.96. The zero-order valence-electron chi connectivity index (χ0n) is 12.4. The molecule has 0 heterocycles. The zero-order valence-corrected chi connectivity index (χ0v) is 13.3. The van der Waals surface area contributed by atoms with Gasteiger partial charge in [0.1, 0.15) is 11.5 Å². The molecule has 2 rings (SSSR count). The van der Waals surface area contributed by atoms with Crippen LogP contribution in [0.25, 0.3) is 0 Å². The van der Waals surface area contributed by atoms with Crippen molar-refractivity contribution < 1.29 is 18.6 Å². The van der Waals surface area contributed by atoms with Crippen molar-refractivity contribution in [3.63, 3.8) is 0 Å². The van der Waals surface area contributed by atoms with E-state index in [1.807, 2.05) is 0 Å². The van der Waals surface area contributed by atoms with Crippen LogP contribution >= 0.6 is 0 Å². The van der Waals surface area contributed by atoms with E-state index in [1.54, 1.807) is 44.2 Å². The van der Waals surface area contributed by atoms with Gasteiger partial charge < -0.3 is 10.2 Å². The molecule has 2 aromatic carbocycles. The zero-order chi connectivity index (χ0) is 16.4. The average molecular weight is 321 g/mol. The molecule has 0 atom stereocenters. The normalized spacial score (nSPS) is 12.1.